The number of benzene rings is 2. The summed E-state index contributed by atoms with van der Waals surface area (Å²) in [6, 6.07) is 17.5. The third-order valence-electron chi connectivity index (χ3n) is 4.88. The van der Waals surface area contributed by atoms with Crippen molar-refractivity contribution in [2.75, 3.05) is 10.6 Å². The van der Waals surface area contributed by atoms with Crippen molar-refractivity contribution < 1.29 is 9.59 Å². The summed E-state index contributed by atoms with van der Waals surface area (Å²) in [7, 11) is 0. The molecule has 10 nitrogen and oxygen atoms in total. The van der Waals surface area contributed by atoms with Crippen LogP contribution in [0.2, 0.25) is 0 Å². The van der Waals surface area contributed by atoms with Gasteiger partial charge in [0.25, 0.3) is 11.8 Å². The molecule has 0 aliphatic rings. The number of hydrogen-bond donors (Lipinski definition) is 4. The fourth-order valence-corrected chi connectivity index (χ4v) is 3.97. The highest BCUT2D eigenvalue weighted by atomic mass is 32.1. The van der Waals surface area contributed by atoms with Crippen molar-refractivity contribution in [2.45, 2.75) is 0 Å². The molecule has 160 valence electrons. The summed E-state index contributed by atoms with van der Waals surface area (Å²) in [6.45, 7) is 0. The first-order valence-electron chi connectivity index (χ1n) is 9.68. The second-order valence-corrected chi connectivity index (χ2v) is 7.89. The lowest BCUT2D eigenvalue weighted by molar-refractivity contribution is 0.101. The number of anilines is 2. The molecule has 11 heteroatoms. The molecule has 0 aliphatic carbocycles. The van der Waals surface area contributed by atoms with Crippen LogP contribution in [0.1, 0.15) is 25.7 Å². The lowest BCUT2D eigenvalue weighted by Crippen LogP contribution is -2.13. The molecule has 3 heterocycles. The molecule has 0 aliphatic heterocycles. The minimum atomic E-state index is -0.406. The number of nitrogens with one attached hydrogen (secondary N) is 4. The maximum atomic E-state index is 13.0. The Hall–Kier alpha value is -4.82. The number of aromatic nitrogens is 5. The molecular weight excluding hydrogens is 440 g/mol. The van der Waals surface area contributed by atoms with Crippen LogP contribution in [0.5, 0.6) is 0 Å². The Kier molecular flexibility index (Phi) is 5.10. The number of nitriles is 1. The van der Waals surface area contributed by atoms with Gasteiger partial charge >= 0.3 is 0 Å². The third kappa shape index (κ3) is 3.93. The van der Waals surface area contributed by atoms with Gasteiger partial charge in [-0.1, -0.05) is 18.2 Å². The Morgan fingerprint density at radius 2 is 1.88 bits per heavy atom. The first-order chi connectivity index (χ1) is 16.1. The number of nitrogens with zero attached hydrogens (tertiary/aromatic N) is 4. The van der Waals surface area contributed by atoms with E-state index in [2.05, 4.69) is 42.3 Å². The van der Waals surface area contributed by atoms with Gasteiger partial charge in [-0.3, -0.25) is 9.59 Å². The van der Waals surface area contributed by atoms with Crippen LogP contribution in [0.4, 0.5) is 11.4 Å². The molecule has 2 amide bonds. The minimum absolute atomic E-state index is 0.222. The Labute approximate surface area is 190 Å². The van der Waals surface area contributed by atoms with Crippen LogP contribution < -0.4 is 10.6 Å². The summed E-state index contributed by atoms with van der Waals surface area (Å²) >= 11 is 1.35. The highest BCUT2D eigenvalue weighted by Crippen LogP contribution is 2.28. The fourth-order valence-electron chi connectivity index (χ4n) is 3.35. The van der Waals surface area contributed by atoms with Gasteiger partial charge in [0.1, 0.15) is 5.69 Å². The van der Waals surface area contributed by atoms with Crippen molar-refractivity contribution >= 4 is 45.4 Å². The predicted molar refractivity (Wildman–Crippen MR) is 123 cm³/mol. The van der Waals surface area contributed by atoms with Crippen LogP contribution in [0.25, 0.3) is 22.3 Å². The molecule has 33 heavy (non-hydrogen) atoms. The highest BCUT2D eigenvalue weighted by Gasteiger charge is 2.17. The molecule has 0 unspecified atom stereocenters. The average molecular weight is 454 g/mol. The number of hydrogen-bond acceptors (Lipinski definition) is 7. The molecule has 3 aromatic heterocycles. The molecule has 0 saturated carbocycles. The Bertz CT molecular complexity index is 1510. The summed E-state index contributed by atoms with van der Waals surface area (Å²) in [5.74, 6) is -0.380. The molecule has 0 bridgehead atoms. The normalized spacial score (nSPS) is 10.6. The van der Waals surface area contributed by atoms with Gasteiger partial charge in [-0.15, -0.1) is 21.5 Å². The average Bonchev–Trinajstić information content (AvgIpc) is 3.61. The van der Waals surface area contributed by atoms with E-state index < -0.39 is 5.91 Å². The van der Waals surface area contributed by atoms with Crippen molar-refractivity contribution in [3.8, 4) is 17.5 Å². The number of carbonyl (C=O) groups excluding carboxylic acids is 2. The van der Waals surface area contributed by atoms with E-state index in [9.17, 15) is 14.9 Å². The van der Waals surface area contributed by atoms with Gasteiger partial charge in [0.15, 0.2) is 0 Å². The Morgan fingerprint density at radius 3 is 2.64 bits per heavy atom. The zero-order valence-electron chi connectivity index (χ0n) is 16.8. The number of tetrazole rings is 1. The highest BCUT2D eigenvalue weighted by molar-refractivity contribution is 7.12. The Balaban J connectivity index is 1.44. The summed E-state index contributed by atoms with van der Waals surface area (Å²) in [4.78, 5) is 29.2. The van der Waals surface area contributed by atoms with E-state index in [0.717, 1.165) is 5.39 Å². The number of rotatable bonds is 5. The first kappa shape index (κ1) is 20.1. The second-order valence-electron chi connectivity index (χ2n) is 6.95. The molecule has 0 saturated heterocycles. The number of carbonyl (C=O) groups is 2. The largest absolute Gasteiger partial charge is 0.349 e. The van der Waals surface area contributed by atoms with E-state index >= 15 is 0 Å². The van der Waals surface area contributed by atoms with E-state index in [-0.39, 0.29) is 11.7 Å². The minimum Gasteiger partial charge on any atom is -0.349 e. The Morgan fingerprint density at radius 1 is 1.00 bits per heavy atom. The standard InChI is InChI=1S/C22H14N8O2S/c23-11-12-6-7-15(14(9-12)20-27-29-30-28-20)25-21(31)17-10-13-3-1-4-16(19(13)24-17)26-22(32)18-5-2-8-33-18/h1-10,24H,(H,25,31)(H,26,32)(H,27,28,29,30). The van der Waals surface area contributed by atoms with Gasteiger partial charge < -0.3 is 15.6 Å². The molecule has 5 aromatic rings. The molecule has 2 aromatic carbocycles. The molecule has 0 atom stereocenters. The summed E-state index contributed by atoms with van der Waals surface area (Å²) in [5, 5.41) is 31.3. The summed E-state index contributed by atoms with van der Waals surface area (Å²) in [6.07, 6.45) is 0. The van der Waals surface area contributed by atoms with Crippen LogP contribution >= 0.6 is 11.3 Å². The van der Waals surface area contributed by atoms with Gasteiger partial charge in [0.05, 0.1) is 33.4 Å². The van der Waals surface area contributed by atoms with Crippen LogP contribution in [0.3, 0.4) is 0 Å². The zero-order chi connectivity index (χ0) is 22.8. The lowest BCUT2D eigenvalue weighted by atomic mass is 10.1. The van der Waals surface area contributed by atoms with E-state index in [1.54, 1.807) is 42.5 Å². The van der Waals surface area contributed by atoms with Crippen LogP contribution in [0, 0.1) is 11.3 Å². The third-order valence-corrected chi connectivity index (χ3v) is 5.75. The summed E-state index contributed by atoms with van der Waals surface area (Å²) < 4.78 is 0. The van der Waals surface area contributed by atoms with E-state index in [1.165, 1.54) is 11.3 Å². The maximum Gasteiger partial charge on any atom is 0.272 e. The predicted octanol–water partition coefficient (Wildman–Crippen LogP) is 3.79. The van der Waals surface area contributed by atoms with Gasteiger partial charge in [0.2, 0.25) is 5.82 Å². The van der Waals surface area contributed by atoms with E-state index in [4.69, 9.17) is 0 Å². The molecule has 0 fully saturated rings. The number of para-hydroxylation sites is 1. The van der Waals surface area contributed by atoms with Crippen molar-refractivity contribution in [1.82, 2.24) is 25.6 Å². The molecule has 4 N–H and O–H groups in total. The molecule has 5 rings (SSSR count). The number of amides is 2. The lowest BCUT2D eigenvalue weighted by Gasteiger charge is -2.08. The van der Waals surface area contributed by atoms with Crippen LogP contribution in [-0.4, -0.2) is 37.4 Å². The van der Waals surface area contributed by atoms with E-state index in [1.807, 2.05) is 17.5 Å². The number of H-pyrrole nitrogens is 2. The van der Waals surface area contributed by atoms with Gasteiger partial charge in [-0.25, -0.2) is 0 Å². The zero-order valence-corrected chi connectivity index (χ0v) is 17.6. The van der Waals surface area contributed by atoms with Gasteiger partial charge in [-0.05, 0) is 47.0 Å². The van der Waals surface area contributed by atoms with Crippen molar-refractivity contribution in [3.05, 3.63) is 76.1 Å². The number of fused-ring (bicyclic) bond motifs is 1. The van der Waals surface area contributed by atoms with Gasteiger partial charge in [0, 0.05) is 10.9 Å². The molecular formula is C22H14N8O2S. The number of aromatic amines is 2. The van der Waals surface area contributed by atoms with E-state index in [0.29, 0.717) is 38.6 Å². The van der Waals surface area contributed by atoms with Gasteiger partial charge in [-0.2, -0.15) is 10.5 Å². The van der Waals surface area contributed by atoms with Crippen molar-refractivity contribution in [1.29, 1.82) is 5.26 Å². The number of thiophene rings is 1. The van der Waals surface area contributed by atoms with Crippen molar-refractivity contribution in [2.24, 2.45) is 0 Å². The topological polar surface area (TPSA) is 152 Å². The molecule has 0 spiro atoms. The second kappa shape index (κ2) is 8.37. The smallest absolute Gasteiger partial charge is 0.272 e. The maximum absolute atomic E-state index is 13.0. The van der Waals surface area contributed by atoms with Crippen LogP contribution in [0.15, 0.2) is 60.0 Å². The fraction of sp³-hybridized carbons (Fsp3) is 0. The molecule has 0 radical (unpaired) electrons. The monoisotopic (exact) mass is 454 g/mol. The summed E-state index contributed by atoms with van der Waals surface area (Å²) in [5.41, 5.74) is 2.76. The first-order valence-corrected chi connectivity index (χ1v) is 10.6. The van der Waals surface area contributed by atoms with Crippen molar-refractivity contribution in [3.63, 3.8) is 0 Å². The quantitative estimate of drug-likeness (QED) is 0.317. The SMILES string of the molecule is N#Cc1ccc(NC(=O)c2cc3cccc(NC(=O)c4cccs4)c3[nH]2)c(-c2nn[nH]n2)c1. The van der Waals surface area contributed by atoms with Crippen LogP contribution in [-0.2, 0) is 0 Å².